The lowest BCUT2D eigenvalue weighted by molar-refractivity contribution is -0.140. The van der Waals surface area contributed by atoms with E-state index in [0.29, 0.717) is 0 Å². The van der Waals surface area contributed by atoms with E-state index in [-0.39, 0.29) is 30.6 Å². The van der Waals surface area contributed by atoms with E-state index in [2.05, 4.69) is 5.32 Å². The van der Waals surface area contributed by atoms with E-state index in [1.165, 1.54) is 23.1 Å². The minimum absolute atomic E-state index is 0.0348. The van der Waals surface area contributed by atoms with E-state index < -0.39 is 34.3 Å². The van der Waals surface area contributed by atoms with Gasteiger partial charge in [-0.1, -0.05) is 85.1 Å². The lowest BCUT2D eigenvalue weighted by atomic mass is 10.0. The lowest BCUT2D eigenvalue weighted by Gasteiger charge is -2.34. The summed E-state index contributed by atoms with van der Waals surface area (Å²) in [5.74, 6) is -1.64. The van der Waals surface area contributed by atoms with Crippen molar-refractivity contribution in [1.29, 1.82) is 0 Å². The molecule has 0 radical (unpaired) electrons. The molecule has 1 atom stereocenters. The highest BCUT2D eigenvalue weighted by Crippen LogP contribution is 2.24. The van der Waals surface area contributed by atoms with Gasteiger partial charge in [-0.15, -0.1) is 0 Å². The van der Waals surface area contributed by atoms with Gasteiger partial charge < -0.3 is 10.2 Å². The van der Waals surface area contributed by atoms with Crippen molar-refractivity contribution < 1.29 is 22.4 Å². The van der Waals surface area contributed by atoms with Crippen LogP contribution >= 0.6 is 0 Å². The van der Waals surface area contributed by atoms with Crippen LogP contribution in [-0.4, -0.2) is 50.0 Å². The minimum Gasteiger partial charge on any atom is -0.352 e. The topological polar surface area (TPSA) is 86.8 Å². The first-order chi connectivity index (χ1) is 19.1. The second kappa shape index (κ2) is 13.1. The van der Waals surface area contributed by atoms with E-state index in [1.807, 2.05) is 61.5 Å². The maximum Gasteiger partial charge on any atom is 0.244 e. The Morgan fingerprint density at radius 1 is 0.950 bits per heavy atom. The number of carbonyl (C=O) groups excluding carboxylic acids is 2. The molecule has 0 saturated heterocycles. The number of rotatable bonds is 11. The Bertz CT molecular complexity index is 1430. The molecule has 2 amide bonds. The largest absolute Gasteiger partial charge is 0.352 e. The van der Waals surface area contributed by atoms with Crippen molar-refractivity contribution in [2.24, 2.45) is 0 Å². The summed E-state index contributed by atoms with van der Waals surface area (Å²) in [4.78, 5) is 29.3. The van der Waals surface area contributed by atoms with Crippen LogP contribution in [0.3, 0.4) is 0 Å². The third-order valence-corrected chi connectivity index (χ3v) is 8.33. The lowest BCUT2D eigenvalue weighted by Crippen LogP contribution is -2.54. The van der Waals surface area contributed by atoms with Crippen LogP contribution in [0.4, 0.5) is 10.1 Å². The van der Waals surface area contributed by atoms with Crippen molar-refractivity contribution >= 4 is 27.5 Å². The van der Waals surface area contributed by atoms with Crippen LogP contribution in [-0.2, 0) is 32.6 Å². The number of halogens is 1. The normalized spacial score (nSPS) is 14.5. The van der Waals surface area contributed by atoms with E-state index in [0.717, 1.165) is 59.0 Å². The number of carbonyl (C=O) groups is 2. The number of nitrogens with zero attached hydrogens (tertiary/aromatic N) is 2. The zero-order chi connectivity index (χ0) is 28.7. The third kappa shape index (κ3) is 7.69. The van der Waals surface area contributed by atoms with Gasteiger partial charge in [0.2, 0.25) is 21.8 Å². The molecule has 0 aromatic heterocycles. The summed E-state index contributed by atoms with van der Waals surface area (Å²) >= 11 is 0. The van der Waals surface area contributed by atoms with Gasteiger partial charge in [0.05, 0.1) is 11.9 Å². The molecular formula is C31H36FN3O4S. The number of hydrogen-bond acceptors (Lipinski definition) is 4. The molecule has 0 bridgehead atoms. The highest BCUT2D eigenvalue weighted by Gasteiger charge is 2.34. The molecule has 3 aromatic carbocycles. The van der Waals surface area contributed by atoms with Gasteiger partial charge in [-0.25, -0.2) is 12.8 Å². The van der Waals surface area contributed by atoms with Crippen LogP contribution in [0.5, 0.6) is 0 Å². The third-order valence-electron chi connectivity index (χ3n) is 7.21. The summed E-state index contributed by atoms with van der Waals surface area (Å²) < 4.78 is 41.0. The summed E-state index contributed by atoms with van der Waals surface area (Å²) in [5, 5.41) is 3.13. The van der Waals surface area contributed by atoms with Crippen LogP contribution < -0.4 is 9.62 Å². The van der Waals surface area contributed by atoms with Gasteiger partial charge in [0.1, 0.15) is 18.4 Å². The fourth-order valence-corrected chi connectivity index (χ4v) is 6.03. The number of amides is 2. The Morgan fingerprint density at radius 2 is 1.60 bits per heavy atom. The summed E-state index contributed by atoms with van der Waals surface area (Å²) in [6, 6.07) is 21.6. The first-order valence-electron chi connectivity index (χ1n) is 13.5. The minimum atomic E-state index is -4.03. The maximum absolute atomic E-state index is 14.7. The van der Waals surface area contributed by atoms with E-state index >= 15 is 0 Å². The van der Waals surface area contributed by atoms with E-state index in [9.17, 15) is 22.4 Å². The molecule has 1 fully saturated rings. The molecule has 4 rings (SSSR count). The number of para-hydroxylation sites is 1. The fourth-order valence-electron chi connectivity index (χ4n) is 5.18. The van der Waals surface area contributed by atoms with Gasteiger partial charge in [0, 0.05) is 19.0 Å². The quantitative estimate of drug-likeness (QED) is 0.368. The van der Waals surface area contributed by atoms with Crippen molar-refractivity contribution in [2.45, 2.75) is 57.7 Å². The van der Waals surface area contributed by atoms with Crippen LogP contribution in [0.1, 0.15) is 42.4 Å². The van der Waals surface area contributed by atoms with Crippen molar-refractivity contribution in [3.8, 4) is 0 Å². The highest BCUT2D eigenvalue weighted by atomic mass is 32.2. The average Bonchev–Trinajstić information content (AvgIpc) is 3.43. The monoisotopic (exact) mass is 565 g/mol. The Hall–Kier alpha value is -3.72. The second-order valence-electron chi connectivity index (χ2n) is 10.4. The Balaban J connectivity index is 1.73. The maximum atomic E-state index is 14.7. The molecule has 1 aliphatic carbocycles. The molecule has 3 aromatic rings. The Labute approximate surface area is 236 Å². The predicted molar refractivity (Wildman–Crippen MR) is 155 cm³/mol. The smallest absolute Gasteiger partial charge is 0.244 e. The summed E-state index contributed by atoms with van der Waals surface area (Å²) in [7, 11) is -4.03. The molecule has 1 saturated carbocycles. The second-order valence-corrected chi connectivity index (χ2v) is 12.3. The zero-order valence-corrected chi connectivity index (χ0v) is 23.7. The summed E-state index contributed by atoms with van der Waals surface area (Å²) in [6.45, 7) is 1.38. The molecular weight excluding hydrogens is 529 g/mol. The molecule has 1 N–H and O–H groups in total. The zero-order valence-electron chi connectivity index (χ0n) is 22.9. The van der Waals surface area contributed by atoms with Crippen LogP contribution in [0.15, 0.2) is 78.9 Å². The van der Waals surface area contributed by atoms with Gasteiger partial charge >= 0.3 is 0 Å². The fraction of sp³-hybridized carbons (Fsp3) is 0.355. The van der Waals surface area contributed by atoms with Crippen LogP contribution in [0, 0.1) is 12.7 Å². The Morgan fingerprint density at radius 3 is 2.25 bits per heavy atom. The van der Waals surface area contributed by atoms with Gasteiger partial charge in [-0.3, -0.25) is 13.9 Å². The van der Waals surface area contributed by atoms with E-state index in [1.54, 1.807) is 0 Å². The predicted octanol–water partition coefficient (Wildman–Crippen LogP) is 4.60. The van der Waals surface area contributed by atoms with Crippen molar-refractivity contribution in [3.63, 3.8) is 0 Å². The Kier molecular flexibility index (Phi) is 9.58. The first kappa shape index (κ1) is 29.3. The van der Waals surface area contributed by atoms with Gasteiger partial charge in [-0.2, -0.15) is 0 Å². The number of hydrogen-bond donors (Lipinski definition) is 1. The van der Waals surface area contributed by atoms with Crippen LogP contribution in [0.25, 0.3) is 0 Å². The van der Waals surface area contributed by atoms with Gasteiger partial charge in [-0.05, 0) is 43.0 Å². The molecule has 9 heteroatoms. The summed E-state index contributed by atoms with van der Waals surface area (Å²) in [6.07, 6.45) is 5.01. The van der Waals surface area contributed by atoms with Crippen molar-refractivity contribution in [2.75, 3.05) is 17.1 Å². The average molecular weight is 566 g/mol. The summed E-state index contributed by atoms with van der Waals surface area (Å²) in [5.41, 5.74) is 2.44. The number of sulfonamides is 1. The SMILES string of the molecule is Cc1cccc(CN(C(=O)CN(c2ccccc2F)S(C)(=O)=O)C(Cc2ccccc2)C(=O)NC2CCCC2)c1. The van der Waals surface area contributed by atoms with E-state index in [4.69, 9.17) is 0 Å². The molecule has 212 valence electrons. The number of aryl methyl sites for hydroxylation is 1. The van der Waals surface area contributed by atoms with Crippen LogP contribution in [0.2, 0.25) is 0 Å². The molecule has 40 heavy (non-hydrogen) atoms. The van der Waals surface area contributed by atoms with Gasteiger partial charge in [0.25, 0.3) is 0 Å². The standard InChI is InChI=1S/C31H36FN3O4S/c1-23-11-10-14-25(19-23)21-34(30(36)22-35(40(2,38)39)28-18-9-8-17-27(28)32)29(20-24-12-4-3-5-13-24)31(37)33-26-15-6-7-16-26/h3-5,8-14,17-19,26,29H,6-7,15-16,20-22H2,1-2H3,(H,33,37). The molecule has 1 aliphatic rings. The number of nitrogens with one attached hydrogen (secondary N) is 1. The molecule has 7 nitrogen and oxygen atoms in total. The highest BCUT2D eigenvalue weighted by molar-refractivity contribution is 7.92. The molecule has 0 spiro atoms. The van der Waals surface area contributed by atoms with Crippen molar-refractivity contribution in [3.05, 3.63) is 101 Å². The molecule has 0 aliphatic heterocycles. The molecule has 0 heterocycles. The van der Waals surface area contributed by atoms with Gasteiger partial charge in [0.15, 0.2) is 0 Å². The number of benzene rings is 3. The van der Waals surface area contributed by atoms with Crippen molar-refractivity contribution in [1.82, 2.24) is 10.2 Å². The number of anilines is 1. The first-order valence-corrected chi connectivity index (χ1v) is 15.4. The molecule has 1 unspecified atom stereocenters.